The Labute approximate surface area is 122 Å². The Morgan fingerprint density at radius 1 is 1.14 bits per heavy atom. The highest BCUT2D eigenvalue weighted by atomic mass is 16.1. The number of hydrogen-bond acceptors (Lipinski definition) is 3. The standard InChI is InChI=1S/C16H14N4O/c1-12-5-2-3-6-14(12)19-16(21)13-7-8-15(17-11-13)20-10-4-9-18-20/h2-11H,1H3,(H,19,21). The van der Waals surface area contributed by atoms with Gasteiger partial charge in [-0.1, -0.05) is 18.2 Å². The maximum absolute atomic E-state index is 12.2. The number of benzene rings is 1. The number of rotatable bonds is 3. The SMILES string of the molecule is Cc1ccccc1NC(=O)c1ccc(-n2cccn2)nc1. The molecule has 0 fully saturated rings. The minimum Gasteiger partial charge on any atom is -0.322 e. The van der Waals surface area contributed by atoms with Crippen molar-refractivity contribution in [3.05, 3.63) is 72.2 Å². The van der Waals surface area contributed by atoms with Crippen molar-refractivity contribution in [1.82, 2.24) is 14.8 Å². The van der Waals surface area contributed by atoms with Crippen molar-refractivity contribution < 1.29 is 4.79 Å². The van der Waals surface area contributed by atoms with Crippen LogP contribution in [0.15, 0.2) is 61.1 Å². The van der Waals surface area contributed by atoms with Crippen LogP contribution in [0.3, 0.4) is 0 Å². The molecular weight excluding hydrogens is 264 g/mol. The largest absolute Gasteiger partial charge is 0.322 e. The third kappa shape index (κ3) is 2.81. The van der Waals surface area contributed by atoms with Gasteiger partial charge in [0.25, 0.3) is 5.91 Å². The van der Waals surface area contributed by atoms with E-state index in [4.69, 9.17) is 0 Å². The van der Waals surface area contributed by atoms with Gasteiger partial charge in [0, 0.05) is 24.3 Å². The van der Waals surface area contributed by atoms with Crippen molar-refractivity contribution in [2.45, 2.75) is 6.92 Å². The number of pyridine rings is 1. The third-order valence-corrected chi connectivity index (χ3v) is 3.14. The zero-order chi connectivity index (χ0) is 14.7. The van der Waals surface area contributed by atoms with Crippen LogP contribution in [0.25, 0.3) is 5.82 Å². The van der Waals surface area contributed by atoms with E-state index in [9.17, 15) is 4.79 Å². The van der Waals surface area contributed by atoms with E-state index < -0.39 is 0 Å². The number of nitrogens with zero attached hydrogens (tertiary/aromatic N) is 3. The molecule has 0 unspecified atom stereocenters. The van der Waals surface area contributed by atoms with Gasteiger partial charge in [0.1, 0.15) is 0 Å². The van der Waals surface area contributed by atoms with E-state index in [1.165, 1.54) is 0 Å². The highest BCUT2D eigenvalue weighted by Gasteiger charge is 2.08. The van der Waals surface area contributed by atoms with Crippen molar-refractivity contribution in [3.8, 4) is 5.82 Å². The van der Waals surface area contributed by atoms with E-state index in [-0.39, 0.29) is 5.91 Å². The molecule has 104 valence electrons. The van der Waals surface area contributed by atoms with Crippen molar-refractivity contribution in [1.29, 1.82) is 0 Å². The second kappa shape index (κ2) is 5.58. The molecule has 21 heavy (non-hydrogen) atoms. The first-order valence-corrected chi connectivity index (χ1v) is 6.57. The van der Waals surface area contributed by atoms with E-state index in [0.717, 1.165) is 11.3 Å². The molecule has 3 rings (SSSR count). The average Bonchev–Trinajstić information content (AvgIpc) is 3.04. The highest BCUT2D eigenvalue weighted by molar-refractivity contribution is 6.04. The predicted octanol–water partition coefficient (Wildman–Crippen LogP) is 2.83. The Morgan fingerprint density at radius 2 is 2.00 bits per heavy atom. The summed E-state index contributed by atoms with van der Waals surface area (Å²) in [5.74, 6) is 0.497. The van der Waals surface area contributed by atoms with Gasteiger partial charge in [0.2, 0.25) is 0 Å². The number of aryl methyl sites for hydroxylation is 1. The normalized spacial score (nSPS) is 10.3. The number of carbonyl (C=O) groups is 1. The lowest BCUT2D eigenvalue weighted by Gasteiger charge is -2.08. The fourth-order valence-electron chi connectivity index (χ4n) is 1.97. The predicted molar refractivity (Wildman–Crippen MR) is 80.5 cm³/mol. The molecule has 1 aromatic carbocycles. The molecule has 2 heterocycles. The first-order valence-electron chi connectivity index (χ1n) is 6.57. The first kappa shape index (κ1) is 13.1. The maximum atomic E-state index is 12.2. The number of carbonyl (C=O) groups excluding carboxylic acids is 1. The van der Waals surface area contributed by atoms with Gasteiger partial charge in [-0.25, -0.2) is 9.67 Å². The molecule has 0 radical (unpaired) electrons. The topological polar surface area (TPSA) is 59.8 Å². The van der Waals surface area contributed by atoms with Crippen LogP contribution >= 0.6 is 0 Å². The number of anilines is 1. The lowest BCUT2D eigenvalue weighted by molar-refractivity contribution is 0.102. The van der Waals surface area contributed by atoms with Crippen molar-refractivity contribution in [2.75, 3.05) is 5.32 Å². The summed E-state index contributed by atoms with van der Waals surface area (Å²) in [4.78, 5) is 16.4. The average molecular weight is 278 g/mol. The Morgan fingerprint density at radius 3 is 2.67 bits per heavy atom. The van der Waals surface area contributed by atoms with Crippen LogP contribution in [-0.4, -0.2) is 20.7 Å². The summed E-state index contributed by atoms with van der Waals surface area (Å²) in [7, 11) is 0. The zero-order valence-electron chi connectivity index (χ0n) is 11.5. The molecule has 0 aliphatic carbocycles. The van der Waals surface area contributed by atoms with Crippen LogP contribution in [-0.2, 0) is 0 Å². The second-order valence-corrected chi connectivity index (χ2v) is 4.62. The lowest BCUT2D eigenvalue weighted by Crippen LogP contribution is -2.13. The number of aromatic nitrogens is 3. The highest BCUT2D eigenvalue weighted by Crippen LogP contribution is 2.14. The van der Waals surface area contributed by atoms with E-state index in [2.05, 4.69) is 15.4 Å². The first-order chi connectivity index (χ1) is 10.2. The van der Waals surface area contributed by atoms with E-state index in [0.29, 0.717) is 11.4 Å². The van der Waals surface area contributed by atoms with Crippen molar-refractivity contribution >= 4 is 11.6 Å². The van der Waals surface area contributed by atoms with Gasteiger partial charge < -0.3 is 5.32 Å². The monoisotopic (exact) mass is 278 g/mol. The second-order valence-electron chi connectivity index (χ2n) is 4.62. The summed E-state index contributed by atoms with van der Waals surface area (Å²) in [5.41, 5.74) is 2.33. The Balaban J connectivity index is 1.78. The molecule has 0 spiro atoms. The molecule has 0 saturated carbocycles. The van der Waals surface area contributed by atoms with Gasteiger partial charge in [0.15, 0.2) is 5.82 Å². The quantitative estimate of drug-likeness (QED) is 0.801. The molecule has 2 aromatic heterocycles. The van der Waals surface area contributed by atoms with Crippen LogP contribution in [0, 0.1) is 6.92 Å². The van der Waals surface area contributed by atoms with Crippen LogP contribution in [0.4, 0.5) is 5.69 Å². The van der Waals surface area contributed by atoms with Gasteiger partial charge in [-0.15, -0.1) is 0 Å². The number of amides is 1. The molecular formula is C16H14N4O. The fourth-order valence-corrected chi connectivity index (χ4v) is 1.97. The molecule has 3 aromatic rings. The van der Waals surface area contributed by atoms with Gasteiger partial charge in [-0.05, 0) is 36.8 Å². The molecule has 5 heteroatoms. The van der Waals surface area contributed by atoms with Crippen LogP contribution in [0.5, 0.6) is 0 Å². The molecule has 0 aliphatic rings. The molecule has 1 N–H and O–H groups in total. The van der Waals surface area contributed by atoms with Crippen molar-refractivity contribution in [3.63, 3.8) is 0 Å². The van der Waals surface area contributed by atoms with Crippen LogP contribution in [0.2, 0.25) is 0 Å². The molecule has 0 bridgehead atoms. The minimum atomic E-state index is -0.177. The van der Waals surface area contributed by atoms with Crippen LogP contribution < -0.4 is 5.32 Å². The lowest BCUT2D eigenvalue weighted by atomic mass is 10.2. The van der Waals surface area contributed by atoms with E-state index in [1.54, 1.807) is 35.4 Å². The number of nitrogens with one attached hydrogen (secondary N) is 1. The molecule has 0 aliphatic heterocycles. The van der Waals surface area contributed by atoms with E-state index in [1.807, 2.05) is 37.3 Å². The summed E-state index contributed by atoms with van der Waals surface area (Å²) in [5, 5.41) is 6.97. The molecule has 5 nitrogen and oxygen atoms in total. The minimum absolute atomic E-state index is 0.177. The van der Waals surface area contributed by atoms with Gasteiger partial charge in [-0.2, -0.15) is 5.10 Å². The van der Waals surface area contributed by atoms with E-state index >= 15 is 0 Å². The Hall–Kier alpha value is -2.95. The fraction of sp³-hybridized carbons (Fsp3) is 0.0625. The Bertz CT molecular complexity index is 748. The molecule has 0 atom stereocenters. The van der Waals surface area contributed by atoms with Crippen LogP contribution in [0.1, 0.15) is 15.9 Å². The third-order valence-electron chi connectivity index (χ3n) is 3.14. The summed E-state index contributed by atoms with van der Waals surface area (Å²) in [6.07, 6.45) is 5.03. The summed E-state index contributed by atoms with van der Waals surface area (Å²) in [6.45, 7) is 1.95. The van der Waals surface area contributed by atoms with Crippen molar-refractivity contribution in [2.24, 2.45) is 0 Å². The summed E-state index contributed by atoms with van der Waals surface area (Å²) >= 11 is 0. The molecule has 0 saturated heterocycles. The Kier molecular flexibility index (Phi) is 3.47. The maximum Gasteiger partial charge on any atom is 0.257 e. The smallest absolute Gasteiger partial charge is 0.257 e. The van der Waals surface area contributed by atoms with Gasteiger partial charge >= 0.3 is 0 Å². The van der Waals surface area contributed by atoms with Gasteiger partial charge in [-0.3, -0.25) is 4.79 Å². The molecule has 1 amide bonds. The summed E-state index contributed by atoms with van der Waals surface area (Å²) < 4.78 is 1.64. The number of para-hydroxylation sites is 1. The number of hydrogen-bond donors (Lipinski definition) is 1. The summed E-state index contributed by atoms with van der Waals surface area (Å²) in [6, 6.07) is 13.0. The van der Waals surface area contributed by atoms with Gasteiger partial charge in [0.05, 0.1) is 5.56 Å². The zero-order valence-corrected chi connectivity index (χ0v) is 11.5.